The maximum atomic E-state index is 11.7. The van der Waals surface area contributed by atoms with E-state index in [4.69, 9.17) is 4.74 Å². The van der Waals surface area contributed by atoms with E-state index in [0.717, 1.165) is 17.7 Å². The summed E-state index contributed by atoms with van der Waals surface area (Å²) < 4.78 is 4.96. The van der Waals surface area contributed by atoms with Crippen molar-refractivity contribution in [1.29, 1.82) is 0 Å². The second-order valence-electron chi connectivity index (χ2n) is 5.81. The van der Waals surface area contributed by atoms with Gasteiger partial charge >= 0.3 is 11.8 Å². The number of rotatable bonds is 8. The van der Waals surface area contributed by atoms with Gasteiger partial charge in [-0.3, -0.25) is 14.9 Å². The molecule has 0 aromatic heterocycles. The Labute approximate surface area is 159 Å². The van der Waals surface area contributed by atoms with Crippen LogP contribution in [0.2, 0.25) is 0 Å². The fourth-order valence-electron chi connectivity index (χ4n) is 2.36. The van der Waals surface area contributed by atoms with E-state index in [-0.39, 0.29) is 18.5 Å². The molecule has 28 heavy (non-hydrogen) atoms. The highest BCUT2D eigenvalue weighted by molar-refractivity contribution is 5.82. The first kappa shape index (κ1) is 20.8. The van der Waals surface area contributed by atoms with Crippen molar-refractivity contribution in [1.82, 2.24) is 5.32 Å². The van der Waals surface area contributed by atoms with E-state index in [1.807, 2.05) is 6.07 Å². The Kier molecular flexibility index (Phi) is 7.02. The number of aliphatic hydroxyl groups is 2. The number of benzene rings is 2. The number of nitro benzene ring substituents is 1. The van der Waals surface area contributed by atoms with E-state index in [0.29, 0.717) is 0 Å². The smallest absolute Gasteiger partial charge is 0.407 e. The summed E-state index contributed by atoms with van der Waals surface area (Å²) in [6.45, 7) is -0.405. The van der Waals surface area contributed by atoms with E-state index in [1.54, 1.807) is 24.3 Å². The zero-order valence-corrected chi connectivity index (χ0v) is 14.5. The fraction of sp³-hybridized carbons (Fsp3) is 0.222. The van der Waals surface area contributed by atoms with Crippen LogP contribution in [0.3, 0.4) is 0 Å². The highest BCUT2D eigenvalue weighted by Gasteiger charge is 2.25. The van der Waals surface area contributed by atoms with Gasteiger partial charge < -0.3 is 25.4 Å². The molecule has 10 nitrogen and oxygen atoms in total. The molecule has 0 spiro atoms. The number of hydrogen-bond acceptors (Lipinski definition) is 8. The molecule has 0 aliphatic rings. The number of hydrogen-bond donors (Lipinski definition) is 4. The number of aliphatic hydroxyl groups excluding tert-OH is 2. The van der Waals surface area contributed by atoms with Gasteiger partial charge in [0.2, 0.25) is 5.75 Å². The van der Waals surface area contributed by atoms with Gasteiger partial charge in [-0.2, -0.15) is 0 Å². The number of phenols is 1. The number of carbonyl (C=O) groups excluding carboxylic acids is 2. The number of aldehydes is 1. The average Bonchev–Trinajstić information content (AvgIpc) is 2.70. The second kappa shape index (κ2) is 9.44. The second-order valence-corrected chi connectivity index (χ2v) is 5.81. The minimum absolute atomic E-state index is 0.0121. The van der Waals surface area contributed by atoms with Gasteiger partial charge in [0.05, 0.1) is 10.5 Å². The molecule has 0 aliphatic heterocycles. The minimum atomic E-state index is -1.66. The van der Waals surface area contributed by atoms with Crippen molar-refractivity contribution in [2.75, 3.05) is 6.54 Å². The maximum absolute atomic E-state index is 11.7. The van der Waals surface area contributed by atoms with Crippen molar-refractivity contribution in [3.8, 4) is 5.75 Å². The molecule has 0 saturated carbocycles. The molecule has 2 atom stereocenters. The Bertz CT molecular complexity index is 856. The van der Waals surface area contributed by atoms with Crippen LogP contribution in [-0.2, 0) is 11.3 Å². The lowest BCUT2D eigenvalue weighted by Crippen LogP contribution is -2.35. The minimum Gasteiger partial charge on any atom is -0.502 e. The summed E-state index contributed by atoms with van der Waals surface area (Å²) in [5, 5.41) is 43.0. The van der Waals surface area contributed by atoms with Gasteiger partial charge in [-0.1, -0.05) is 30.3 Å². The van der Waals surface area contributed by atoms with E-state index in [1.165, 1.54) is 0 Å². The predicted molar refractivity (Wildman–Crippen MR) is 95.7 cm³/mol. The highest BCUT2D eigenvalue weighted by atomic mass is 16.6. The molecular weight excluding hydrogens is 372 g/mol. The lowest BCUT2D eigenvalue weighted by atomic mass is 10.0. The number of phenolic OH excluding ortho intramolecular Hbond substituents is 1. The molecule has 0 saturated heterocycles. The molecule has 2 aromatic carbocycles. The normalized spacial score (nSPS) is 12.6. The van der Waals surface area contributed by atoms with E-state index < -0.39 is 46.8 Å². The zero-order valence-electron chi connectivity index (χ0n) is 14.5. The first-order valence-corrected chi connectivity index (χ1v) is 8.10. The Hall–Kier alpha value is -3.50. The summed E-state index contributed by atoms with van der Waals surface area (Å²) in [6.07, 6.45) is -3.86. The molecular formula is C18H18N2O8. The monoisotopic (exact) mass is 390 g/mol. The third-order valence-corrected chi connectivity index (χ3v) is 3.84. The van der Waals surface area contributed by atoms with Gasteiger partial charge in [0.15, 0.2) is 6.29 Å². The number of nitrogens with one attached hydrogen (secondary N) is 1. The molecule has 148 valence electrons. The van der Waals surface area contributed by atoms with Crippen molar-refractivity contribution >= 4 is 18.1 Å². The van der Waals surface area contributed by atoms with Crippen molar-refractivity contribution in [2.45, 2.75) is 18.8 Å². The van der Waals surface area contributed by atoms with Crippen LogP contribution in [0.5, 0.6) is 5.75 Å². The quantitative estimate of drug-likeness (QED) is 0.299. The van der Waals surface area contributed by atoms with Crippen LogP contribution in [0.15, 0.2) is 42.5 Å². The van der Waals surface area contributed by atoms with Crippen LogP contribution in [0.1, 0.15) is 27.6 Å². The predicted octanol–water partition coefficient (Wildman–Crippen LogP) is 1.43. The van der Waals surface area contributed by atoms with Crippen LogP contribution < -0.4 is 5.32 Å². The number of amides is 1. The van der Waals surface area contributed by atoms with Crippen molar-refractivity contribution < 1.29 is 34.6 Å². The van der Waals surface area contributed by atoms with Gasteiger partial charge in [-0.25, -0.2) is 4.79 Å². The maximum Gasteiger partial charge on any atom is 0.407 e. The lowest BCUT2D eigenvalue weighted by molar-refractivity contribution is -0.386. The van der Waals surface area contributed by atoms with Crippen molar-refractivity contribution in [3.63, 3.8) is 0 Å². The van der Waals surface area contributed by atoms with Crippen molar-refractivity contribution in [2.24, 2.45) is 0 Å². The van der Waals surface area contributed by atoms with Crippen LogP contribution in [-0.4, -0.2) is 45.3 Å². The Morgan fingerprint density at radius 2 is 1.93 bits per heavy atom. The third kappa shape index (κ3) is 5.25. The third-order valence-electron chi connectivity index (χ3n) is 3.84. The molecule has 0 bridgehead atoms. The summed E-state index contributed by atoms with van der Waals surface area (Å²) in [4.78, 5) is 32.6. The van der Waals surface area contributed by atoms with E-state index in [9.17, 15) is 35.0 Å². The van der Waals surface area contributed by atoms with Gasteiger partial charge in [0.1, 0.15) is 18.8 Å². The molecule has 0 aliphatic carbocycles. The molecule has 2 aromatic rings. The molecule has 0 heterocycles. The molecule has 2 rings (SSSR count). The van der Waals surface area contributed by atoms with Gasteiger partial charge in [-0.15, -0.1) is 0 Å². The first-order valence-electron chi connectivity index (χ1n) is 8.10. The largest absolute Gasteiger partial charge is 0.502 e. The average molecular weight is 390 g/mol. The Morgan fingerprint density at radius 3 is 2.54 bits per heavy atom. The summed E-state index contributed by atoms with van der Waals surface area (Å²) >= 11 is 0. The number of aromatic hydroxyl groups is 1. The zero-order chi connectivity index (χ0) is 20.7. The SMILES string of the molecule is O=Cc1cc(C(O)C(O)CNC(=O)OCc2ccccc2)cc([N+](=O)[O-])c1O. The van der Waals surface area contributed by atoms with E-state index in [2.05, 4.69) is 5.32 Å². The standard InChI is InChI=1S/C18H18N2O8/c21-9-13-6-12(7-14(16(13)23)20(26)27)17(24)15(22)8-19-18(25)28-10-11-4-2-1-3-5-11/h1-7,9,15,17,22-24H,8,10H2,(H,19,25). The Balaban J connectivity index is 1.97. The topological polar surface area (TPSA) is 159 Å². The molecule has 0 fully saturated rings. The van der Waals surface area contributed by atoms with Crippen LogP contribution >= 0.6 is 0 Å². The summed E-state index contributed by atoms with van der Waals surface area (Å²) in [6, 6.07) is 10.7. The number of ether oxygens (including phenoxy) is 1. The number of carbonyl (C=O) groups is 2. The Morgan fingerprint density at radius 1 is 1.25 bits per heavy atom. The molecule has 1 amide bonds. The highest BCUT2D eigenvalue weighted by Crippen LogP contribution is 2.33. The van der Waals surface area contributed by atoms with Crippen LogP contribution in [0.4, 0.5) is 10.5 Å². The van der Waals surface area contributed by atoms with Gasteiger partial charge in [0.25, 0.3) is 0 Å². The fourth-order valence-corrected chi connectivity index (χ4v) is 2.36. The molecule has 2 unspecified atom stereocenters. The molecule has 0 radical (unpaired) electrons. The lowest BCUT2D eigenvalue weighted by Gasteiger charge is -2.19. The van der Waals surface area contributed by atoms with Crippen molar-refractivity contribution in [3.05, 3.63) is 69.3 Å². The molecule has 10 heteroatoms. The molecule has 4 N–H and O–H groups in total. The summed E-state index contributed by atoms with van der Waals surface area (Å²) in [5.41, 5.74) is -0.610. The number of alkyl carbamates (subject to hydrolysis) is 1. The van der Waals surface area contributed by atoms with Crippen LogP contribution in [0, 0.1) is 10.1 Å². The number of nitro groups is 1. The van der Waals surface area contributed by atoms with E-state index >= 15 is 0 Å². The van der Waals surface area contributed by atoms with Crippen LogP contribution in [0.25, 0.3) is 0 Å². The number of nitrogens with zero attached hydrogens (tertiary/aromatic N) is 1. The van der Waals surface area contributed by atoms with Gasteiger partial charge in [-0.05, 0) is 17.2 Å². The summed E-state index contributed by atoms with van der Waals surface area (Å²) in [7, 11) is 0. The summed E-state index contributed by atoms with van der Waals surface area (Å²) in [5.74, 6) is -0.840. The first-order chi connectivity index (χ1) is 13.3. The van der Waals surface area contributed by atoms with Gasteiger partial charge in [0, 0.05) is 12.6 Å².